The van der Waals surface area contributed by atoms with Gasteiger partial charge in [-0.2, -0.15) is 5.26 Å². The van der Waals surface area contributed by atoms with Crippen molar-refractivity contribution >= 4 is 16.9 Å². The van der Waals surface area contributed by atoms with Crippen LogP contribution < -0.4 is 0 Å². The number of rotatable bonds is 0. The Morgan fingerprint density at radius 3 is 2.35 bits per heavy atom. The molecular formula is C13H15N3S. The summed E-state index contributed by atoms with van der Waals surface area (Å²) in [4.78, 5) is 6.08. The van der Waals surface area contributed by atoms with Gasteiger partial charge in [0.05, 0.1) is 0 Å². The van der Waals surface area contributed by atoms with Crippen LogP contribution in [0.1, 0.15) is 11.1 Å². The van der Waals surface area contributed by atoms with Gasteiger partial charge in [0.2, 0.25) is 6.19 Å². The van der Waals surface area contributed by atoms with Crippen LogP contribution in [0, 0.1) is 11.5 Å². The molecule has 4 heteroatoms. The number of fused-ring (bicyclic) bond motifs is 1. The monoisotopic (exact) mass is 245 g/mol. The van der Waals surface area contributed by atoms with Crippen molar-refractivity contribution < 1.29 is 0 Å². The van der Waals surface area contributed by atoms with Gasteiger partial charge < -0.3 is 4.90 Å². The lowest BCUT2D eigenvalue weighted by molar-refractivity contribution is 0.447. The van der Waals surface area contributed by atoms with Gasteiger partial charge in [-0.25, -0.2) is 0 Å². The highest BCUT2D eigenvalue weighted by Gasteiger charge is 2.16. The highest BCUT2D eigenvalue weighted by molar-refractivity contribution is 8.13. The van der Waals surface area contributed by atoms with Crippen LogP contribution in [0.25, 0.3) is 0 Å². The van der Waals surface area contributed by atoms with E-state index in [0.717, 1.165) is 31.1 Å². The lowest BCUT2D eigenvalue weighted by atomic mass is 10.0. The average Bonchev–Trinajstić information content (AvgIpc) is 2.58. The zero-order valence-corrected chi connectivity index (χ0v) is 10.7. The molecule has 0 saturated heterocycles. The molecule has 0 atom stereocenters. The summed E-state index contributed by atoms with van der Waals surface area (Å²) in [5.74, 6) is 0. The Kier molecular flexibility index (Phi) is 4.05. The van der Waals surface area contributed by atoms with Crippen molar-refractivity contribution in [2.24, 2.45) is 4.99 Å². The van der Waals surface area contributed by atoms with Gasteiger partial charge in [0.1, 0.15) is 0 Å². The molecule has 88 valence electrons. The van der Waals surface area contributed by atoms with Crippen LogP contribution in [0.5, 0.6) is 0 Å². The Hall–Kier alpha value is -1.47. The second-order valence-corrected chi connectivity index (χ2v) is 4.73. The van der Waals surface area contributed by atoms with Gasteiger partial charge in [-0.1, -0.05) is 36.0 Å². The Balaban J connectivity index is 2.14. The highest BCUT2D eigenvalue weighted by Crippen LogP contribution is 2.17. The van der Waals surface area contributed by atoms with E-state index in [0.29, 0.717) is 0 Å². The number of hydrogen-bond acceptors (Lipinski definition) is 3. The SMILES string of the molecule is CSC(=NC#N)N1CCc2ccccc2CC1. The molecular weight excluding hydrogens is 230 g/mol. The summed E-state index contributed by atoms with van der Waals surface area (Å²) in [7, 11) is 0. The minimum atomic E-state index is 0.834. The summed E-state index contributed by atoms with van der Waals surface area (Å²) in [6, 6.07) is 8.57. The summed E-state index contributed by atoms with van der Waals surface area (Å²) >= 11 is 1.54. The normalized spacial score (nSPS) is 16.0. The number of thioether (sulfide) groups is 1. The van der Waals surface area contributed by atoms with Crippen LogP contribution in [-0.4, -0.2) is 29.4 Å². The number of benzene rings is 1. The van der Waals surface area contributed by atoms with Gasteiger partial charge in [0.25, 0.3) is 0 Å². The molecule has 1 aliphatic heterocycles. The van der Waals surface area contributed by atoms with Gasteiger partial charge in [-0.05, 0) is 30.2 Å². The largest absolute Gasteiger partial charge is 0.350 e. The first-order valence-corrected chi connectivity index (χ1v) is 6.90. The molecule has 0 amide bonds. The second-order valence-electron chi connectivity index (χ2n) is 3.95. The first-order chi connectivity index (χ1) is 8.35. The van der Waals surface area contributed by atoms with Crippen molar-refractivity contribution in [3.05, 3.63) is 35.4 Å². The summed E-state index contributed by atoms with van der Waals surface area (Å²) in [6.45, 7) is 1.89. The van der Waals surface area contributed by atoms with Gasteiger partial charge >= 0.3 is 0 Å². The fourth-order valence-corrected chi connectivity index (χ4v) is 2.72. The van der Waals surface area contributed by atoms with Crippen LogP contribution in [0.3, 0.4) is 0 Å². The molecule has 0 radical (unpaired) electrons. The number of aliphatic imine (C=N–C) groups is 1. The first kappa shape index (κ1) is 12.0. The minimum absolute atomic E-state index is 0.834. The highest BCUT2D eigenvalue weighted by atomic mass is 32.2. The molecule has 0 unspecified atom stereocenters. The summed E-state index contributed by atoms with van der Waals surface area (Å²) in [5.41, 5.74) is 2.85. The van der Waals surface area contributed by atoms with E-state index in [4.69, 9.17) is 5.26 Å². The van der Waals surface area contributed by atoms with Crippen molar-refractivity contribution in [3.63, 3.8) is 0 Å². The van der Waals surface area contributed by atoms with Crippen molar-refractivity contribution in [1.82, 2.24) is 4.90 Å². The van der Waals surface area contributed by atoms with Crippen molar-refractivity contribution in [3.8, 4) is 6.19 Å². The maximum atomic E-state index is 8.66. The molecule has 0 bridgehead atoms. The predicted molar refractivity (Wildman–Crippen MR) is 72.0 cm³/mol. The first-order valence-electron chi connectivity index (χ1n) is 5.67. The van der Waals surface area contributed by atoms with Gasteiger partial charge in [-0.3, -0.25) is 0 Å². The van der Waals surface area contributed by atoms with E-state index in [1.165, 1.54) is 11.1 Å². The van der Waals surface area contributed by atoms with Crippen LogP contribution >= 0.6 is 11.8 Å². The standard InChI is InChI=1S/C13H15N3S/c1-17-13(15-10-14)16-8-6-11-4-2-3-5-12(11)7-9-16/h2-5H,6-9H2,1H3. The molecule has 0 saturated carbocycles. The number of hydrogen-bond donors (Lipinski definition) is 0. The third kappa shape index (κ3) is 2.80. The molecule has 2 rings (SSSR count). The zero-order valence-electron chi connectivity index (χ0n) is 9.89. The lowest BCUT2D eigenvalue weighted by Crippen LogP contribution is -2.31. The lowest BCUT2D eigenvalue weighted by Gasteiger charge is -2.21. The maximum Gasteiger partial charge on any atom is 0.208 e. The average molecular weight is 245 g/mol. The quantitative estimate of drug-likeness (QED) is 0.400. The number of nitriles is 1. The van der Waals surface area contributed by atoms with E-state index in [1.54, 1.807) is 11.8 Å². The van der Waals surface area contributed by atoms with Crippen LogP contribution in [0.4, 0.5) is 0 Å². The van der Waals surface area contributed by atoms with Gasteiger partial charge in [-0.15, -0.1) is 4.99 Å². The van der Waals surface area contributed by atoms with E-state index in [9.17, 15) is 0 Å². The van der Waals surface area contributed by atoms with Gasteiger partial charge in [0, 0.05) is 13.1 Å². The van der Waals surface area contributed by atoms with Crippen molar-refractivity contribution in [2.45, 2.75) is 12.8 Å². The van der Waals surface area contributed by atoms with Crippen LogP contribution in [-0.2, 0) is 12.8 Å². The van der Waals surface area contributed by atoms with E-state index in [-0.39, 0.29) is 0 Å². The fraction of sp³-hybridized carbons (Fsp3) is 0.385. The molecule has 1 aromatic carbocycles. The topological polar surface area (TPSA) is 39.4 Å². The summed E-state index contributed by atoms with van der Waals surface area (Å²) < 4.78 is 0. The Labute approximate surface area is 106 Å². The molecule has 3 nitrogen and oxygen atoms in total. The van der Waals surface area contributed by atoms with Crippen molar-refractivity contribution in [2.75, 3.05) is 19.3 Å². The maximum absolute atomic E-state index is 8.66. The number of amidine groups is 1. The van der Waals surface area contributed by atoms with Crippen LogP contribution in [0.2, 0.25) is 0 Å². The molecule has 17 heavy (non-hydrogen) atoms. The Morgan fingerprint density at radius 1 is 1.29 bits per heavy atom. The number of nitrogens with zero attached hydrogens (tertiary/aromatic N) is 3. The molecule has 0 fully saturated rings. The molecule has 1 heterocycles. The summed E-state index contributed by atoms with van der Waals surface area (Å²) in [5, 5.41) is 9.50. The van der Waals surface area contributed by atoms with Crippen LogP contribution in [0.15, 0.2) is 29.3 Å². The van der Waals surface area contributed by atoms with Gasteiger partial charge in [0.15, 0.2) is 5.17 Å². The van der Waals surface area contributed by atoms with E-state index < -0.39 is 0 Å². The van der Waals surface area contributed by atoms with Crippen molar-refractivity contribution in [1.29, 1.82) is 5.26 Å². The van der Waals surface area contributed by atoms with E-state index >= 15 is 0 Å². The smallest absolute Gasteiger partial charge is 0.208 e. The predicted octanol–water partition coefficient (Wildman–Crippen LogP) is 2.29. The van der Waals surface area contributed by atoms with E-state index in [1.807, 2.05) is 12.4 Å². The fourth-order valence-electron chi connectivity index (χ4n) is 2.15. The molecule has 1 aliphatic rings. The minimum Gasteiger partial charge on any atom is -0.350 e. The zero-order chi connectivity index (χ0) is 12.1. The third-order valence-electron chi connectivity index (χ3n) is 3.02. The summed E-state index contributed by atoms with van der Waals surface area (Å²) in [6.07, 6.45) is 5.91. The molecule has 0 N–H and O–H groups in total. The molecule has 0 aromatic heterocycles. The Morgan fingerprint density at radius 2 is 1.88 bits per heavy atom. The Bertz CT molecular complexity index is 435. The molecule has 0 spiro atoms. The molecule has 0 aliphatic carbocycles. The molecule has 1 aromatic rings. The third-order valence-corrected chi connectivity index (χ3v) is 3.73. The van der Waals surface area contributed by atoms with E-state index in [2.05, 4.69) is 34.2 Å². The second kappa shape index (κ2) is 5.74.